The topological polar surface area (TPSA) is 153 Å². The Labute approximate surface area is 277 Å². The van der Waals surface area contributed by atoms with Crippen LogP contribution in [0.4, 0.5) is 5.82 Å². The maximum absolute atomic E-state index is 14.2. The first-order valence-corrected chi connectivity index (χ1v) is 16.0. The fraction of sp³-hybridized carbons (Fsp3) is 0.314. The lowest BCUT2D eigenvalue weighted by atomic mass is 9.96. The Bertz CT molecular complexity index is 2100. The van der Waals surface area contributed by atoms with E-state index in [9.17, 15) is 14.9 Å². The van der Waals surface area contributed by atoms with E-state index in [4.69, 9.17) is 10.5 Å². The van der Waals surface area contributed by atoms with Crippen molar-refractivity contribution in [3.8, 4) is 23.3 Å². The number of benzene rings is 2. The Kier molecular flexibility index (Phi) is 8.02. The normalized spacial score (nSPS) is 17.2. The third-order valence-electron chi connectivity index (χ3n) is 9.24. The summed E-state index contributed by atoms with van der Waals surface area (Å²) >= 11 is 0. The molecule has 13 heteroatoms. The molecule has 1 amide bonds. The van der Waals surface area contributed by atoms with E-state index < -0.39 is 5.54 Å². The summed E-state index contributed by atoms with van der Waals surface area (Å²) in [6.07, 6.45) is 6.41. The molecule has 2 aliphatic rings. The van der Waals surface area contributed by atoms with Crippen molar-refractivity contribution in [2.24, 2.45) is 0 Å². The SMILES string of the molecule is CC(C)(/C=C(/C#N)C(=O)N1CCC[C@@H](n2c(=O)n(-c3ccc(Oc4ccccc4)cc3)c3c(N)nccc32)C1)N1CCn2cnnc2C1. The van der Waals surface area contributed by atoms with Gasteiger partial charge in [0.05, 0.1) is 23.8 Å². The van der Waals surface area contributed by atoms with Crippen molar-refractivity contribution in [1.82, 2.24) is 38.7 Å². The first kappa shape index (κ1) is 30.9. The molecule has 0 saturated carbocycles. The van der Waals surface area contributed by atoms with E-state index in [0.29, 0.717) is 54.2 Å². The van der Waals surface area contributed by atoms with Crippen LogP contribution in [0.15, 0.2) is 89.6 Å². The summed E-state index contributed by atoms with van der Waals surface area (Å²) in [7, 11) is 0. The van der Waals surface area contributed by atoms with Crippen molar-refractivity contribution in [2.45, 2.75) is 51.4 Å². The molecule has 1 atom stereocenters. The molecule has 1 fully saturated rings. The van der Waals surface area contributed by atoms with Gasteiger partial charge in [0.25, 0.3) is 5.91 Å². The van der Waals surface area contributed by atoms with E-state index in [1.54, 1.807) is 50.8 Å². The molecule has 7 rings (SSSR count). The fourth-order valence-electron chi connectivity index (χ4n) is 6.73. The maximum atomic E-state index is 14.2. The second-order valence-electron chi connectivity index (χ2n) is 12.7. The number of nitrogens with zero attached hydrogens (tertiary/aromatic N) is 9. The lowest BCUT2D eigenvalue weighted by molar-refractivity contribution is -0.128. The number of amides is 1. The molecule has 0 bridgehead atoms. The quantitative estimate of drug-likeness (QED) is 0.204. The summed E-state index contributed by atoms with van der Waals surface area (Å²) in [5.74, 6) is 2.07. The van der Waals surface area contributed by atoms with Crippen molar-refractivity contribution in [3.63, 3.8) is 0 Å². The highest BCUT2D eigenvalue weighted by atomic mass is 16.5. The molecule has 244 valence electrons. The van der Waals surface area contributed by atoms with Crippen LogP contribution in [0.25, 0.3) is 16.7 Å². The van der Waals surface area contributed by atoms with Gasteiger partial charge < -0.3 is 19.9 Å². The first-order valence-electron chi connectivity index (χ1n) is 16.0. The van der Waals surface area contributed by atoms with Gasteiger partial charge in [0.1, 0.15) is 46.6 Å². The fourth-order valence-corrected chi connectivity index (χ4v) is 6.73. The number of para-hydroxylation sites is 1. The Morgan fingerprint density at radius 3 is 2.60 bits per heavy atom. The molecular weight excluding hydrogens is 608 g/mol. The van der Waals surface area contributed by atoms with Crippen LogP contribution in [0.2, 0.25) is 0 Å². The summed E-state index contributed by atoms with van der Waals surface area (Å²) in [4.78, 5) is 36.3. The van der Waals surface area contributed by atoms with E-state index in [0.717, 1.165) is 18.9 Å². The second kappa shape index (κ2) is 12.5. The molecule has 2 aliphatic heterocycles. The van der Waals surface area contributed by atoms with Gasteiger partial charge in [-0.25, -0.2) is 9.78 Å². The first-order chi connectivity index (χ1) is 23.2. The largest absolute Gasteiger partial charge is 0.457 e. The number of piperidine rings is 1. The molecule has 48 heavy (non-hydrogen) atoms. The lowest BCUT2D eigenvalue weighted by Gasteiger charge is -2.39. The zero-order chi connectivity index (χ0) is 33.4. The molecule has 0 unspecified atom stereocenters. The molecule has 2 aromatic carbocycles. The number of nitriles is 1. The van der Waals surface area contributed by atoms with Crippen LogP contribution in [0.1, 0.15) is 38.6 Å². The second-order valence-corrected chi connectivity index (χ2v) is 12.7. The average Bonchev–Trinajstić information content (AvgIpc) is 3.70. The minimum Gasteiger partial charge on any atom is -0.457 e. The van der Waals surface area contributed by atoms with Gasteiger partial charge in [0.15, 0.2) is 0 Å². The van der Waals surface area contributed by atoms with Crippen LogP contribution in [0.3, 0.4) is 0 Å². The summed E-state index contributed by atoms with van der Waals surface area (Å²) in [5, 5.41) is 18.3. The molecule has 5 heterocycles. The van der Waals surface area contributed by atoms with E-state index >= 15 is 0 Å². The summed E-state index contributed by atoms with van der Waals surface area (Å²) in [6, 6.07) is 20.3. The van der Waals surface area contributed by atoms with Crippen LogP contribution in [-0.2, 0) is 17.9 Å². The van der Waals surface area contributed by atoms with Gasteiger partial charge in [0, 0.05) is 37.9 Å². The molecule has 2 N–H and O–H groups in total. The van der Waals surface area contributed by atoms with E-state index in [-0.39, 0.29) is 35.6 Å². The number of nitrogen functional groups attached to an aromatic ring is 1. The van der Waals surface area contributed by atoms with Crippen molar-refractivity contribution in [1.29, 1.82) is 5.26 Å². The number of ether oxygens (including phenoxy) is 1. The van der Waals surface area contributed by atoms with Gasteiger partial charge in [-0.15, -0.1) is 10.2 Å². The molecule has 0 spiro atoms. The monoisotopic (exact) mass is 644 g/mol. The number of nitrogens with two attached hydrogens (primary N) is 1. The number of hydrogen-bond donors (Lipinski definition) is 1. The highest BCUT2D eigenvalue weighted by Crippen LogP contribution is 2.31. The van der Waals surface area contributed by atoms with Gasteiger partial charge in [-0.2, -0.15) is 5.26 Å². The Hall–Kier alpha value is -5.74. The van der Waals surface area contributed by atoms with Gasteiger partial charge in [0.2, 0.25) is 0 Å². The van der Waals surface area contributed by atoms with E-state index in [1.807, 2.05) is 60.9 Å². The Morgan fingerprint density at radius 1 is 1.06 bits per heavy atom. The highest BCUT2D eigenvalue weighted by molar-refractivity contribution is 5.97. The van der Waals surface area contributed by atoms with Crippen LogP contribution >= 0.6 is 0 Å². The number of carbonyl (C=O) groups excluding carboxylic acids is 1. The molecule has 5 aromatic rings. The summed E-state index contributed by atoms with van der Waals surface area (Å²) in [5.41, 5.74) is 7.34. The van der Waals surface area contributed by atoms with Gasteiger partial charge >= 0.3 is 5.69 Å². The van der Waals surface area contributed by atoms with Crippen LogP contribution in [0.5, 0.6) is 11.5 Å². The van der Waals surface area contributed by atoms with Crippen molar-refractivity contribution in [3.05, 3.63) is 101 Å². The third kappa shape index (κ3) is 5.71. The number of carbonyl (C=O) groups is 1. The maximum Gasteiger partial charge on any atom is 0.334 e. The van der Waals surface area contributed by atoms with Crippen molar-refractivity contribution < 1.29 is 9.53 Å². The smallest absolute Gasteiger partial charge is 0.334 e. The number of pyridine rings is 1. The number of hydrogen-bond acceptors (Lipinski definition) is 9. The van der Waals surface area contributed by atoms with Crippen LogP contribution in [-0.4, -0.2) is 69.8 Å². The predicted octanol–water partition coefficient (Wildman–Crippen LogP) is 4.06. The summed E-state index contributed by atoms with van der Waals surface area (Å²) in [6.45, 7) is 6.79. The predicted molar refractivity (Wildman–Crippen MR) is 179 cm³/mol. The van der Waals surface area contributed by atoms with Crippen LogP contribution in [0, 0.1) is 11.3 Å². The highest BCUT2D eigenvalue weighted by Gasteiger charge is 2.34. The number of imidazole rings is 1. The number of fused-ring (bicyclic) bond motifs is 2. The van der Waals surface area contributed by atoms with Crippen molar-refractivity contribution >= 4 is 22.8 Å². The minimum absolute atomic E-state index is 0.0775. The minimum atomic E-state index is -0.580. The van der Waals surface area contributed by atoms with E-state index in [2.05, 4.69) is 26.2 Å². The van der Waals surface area contributed by atoms with E-state index in [1.165, 1.54) is 0 Å². The molecule has 3 aromatic heterocycles. The molecule has 0 aliphatic carbocycles. The standard InChI is InChI=1S/C35H36N10O3/c1-35(2,43-18-17-42-23-39-40-30(42)22-43)19-24(20-36)33(46)41-16-6-7-26(21-41)44-29-14-15-38-32(37)31(29)45(34(44)47)25-10-12-28(13-11-25)48-27-8-4-3-5-9-27/h3-5,8-15,19,23,26H,6-7,16-18,21-22H2,1-2H3,(H2,37,38)/b24-19-/t26-/m1/s1. The van der Waals surface area contributed by atoms with Gasteiger partial charge in [-0.05, 0) is 75.2 Å². The number of rotatable bonds is 7. The zero-order valence-corrected chi connectivity index (χ0v) is 26.9. The Morgan fingerprint density at radius 2 is 1.83 bits per heavy atom. The van der Waals surface area contributed by atoms with Crippen molar-refractivity contribution in [2.75, 3.05) is 25.4 Å². The third-order valence-corrected chi connectivity index (χ3v) is 9.24. The van der Waals surface area contributed by atoms with Gasteiger partial charge in [-0.3, -0.25) is 18.8 Å². The van der Waals surface area contributed by atoms with Crippen LogP contribution < -0.4 is 16.2 Å². The zero-order valence-electron chi connectivity index (χ0n) is 26.9. The summed E-state index contributed by atoms with van der Waals surface area (Å²) < 4.78 is 11.2. The molecular formula is C35H36N10O3. The number of aromatic nitrogens is 6. The van der Waals surface area contributed by atoms with Gasteiger partial charge in [-0.1, -0.05) is 18.2 Å². The molecule has 1 saturated heterocycles. The lowest BCUT2D eigenvalue weighted by Crippen LogP contribution is -2.48. The number of likely N-dealkylation sites (tertiary alicyclic amines) is 1. The average molecular weight is 645 g/mol. The molecule has 13 nitrogen and oxygen atoms in total. The number of anilines is 1. The Balaban J connectivity index is 1.16. The molecule has 0 radical (unpaired) electrons.